The zero-order valence-electron chi connectivity index (χ0n) is 8.94. The van der Waals surface area contributed by atoms with Crippen molar-refractivity contribution in [3.63, 3.8) is 0 Å². The molecule has 2 heterocycles. The molecule has 2 rings (SSSR count). The van der Waals surface area contributed by atoms with E-state index < -0.39 is 0 Å². The molecular formula is C11H10IN3S. The summed E-state index contributed by atoms with van der Waals surface area (Å²) in [7, 11) is 0. The maximum Gasteiger partial charge on any atom is 0.119 e. The lowest BCUT2D eigenvalue weighted by Crippen LogP contribution is -1.90. The molecule has 0 aromatic carbocycles. The number of pyridine rings is 1. The van der Waals surface area contributed by atoms with Gasteiger partial charge < -0.3 is 0 Å². The molecule has 0 radical (unpaired) electrons. The Hall–Kier alpha value is -0.690. The monoisotopic (exact) mass is 343 g/mol. The predicted molar refractivity (Wildman–Crippen MR) is 72.6 cm³/mol. The van der Waals surface area contributed by atoms with E-state index in [2.05, 4.69) is 56.6 Å². The van der Waals surface area contributed by atoms with Gasteiger partial charge in [-0.1, -0.05) is 0 Å². The molecule has 0 saturated carbocycles. The number of hydrogen-bond donors (Lipinski definition) is 0. The van der Waals surface area contributed by atoms with Crippen LogP contribution in [0.2, 0.25) is 0 Å². The average molecular weight is 343 g/mol. The highest BCUT2D eigenvalue weighted by molar-refractivity contribution is 14.1. The topological polar surface area (TPSA) is 38.7 Å². The van der Waals surface area contributed by atoms with Gasteiger partial charge in [0.25, 0.3) is 0 Å². The van der Waals surface area contributed by atoms with Gasteiger partial charge >= 0.3 is 0 Å². The molecule has 0 fully saturated rings. The Morgan fingerprint density at radius 2 is 2.06 bits per heavy atom. The van der Waals surface area contributed by atoms with Crippen molar-refractivity contribution in [2.24, 2.45) is 0 Å². The summed E-state index contributed by atoms with van der Waals surface area (Å²) in [6.45, 7) is 4.08. The molecule has 0 bridgehead atoms. The molecule has 0 aliphatic rings. The van der Waals surface area contributed by atoms with E-state index in [0.717, 1.165) is 19.3 Å². The molecular weight excluding hydrogens is 333 g/mol. The first kappa shape index (κ1) is 11.8. The smallest absolute Gasteiger partial charge is 0.119 e. The Morgan fingerprint density at radius 1 is 1.25 bits per heavy atom. The SMILES string of the molecule is Cc1cc(C)nc(Sc2ncncc2I)c1. The minimum atomic E-state index is 0.952. The Bertz CT molecular complexity index is 496. The quantitative estimate of drug-likeness (QED) is 0.620. The third kappa shape index (κ3) is 2.91. The van der Waals surface area contributed by atoms with Crippen LogP contribution in [0.15, 0.2) is 34.7 Å². The molecule has 16 heavy (non-hydrogen) atoms. The van der Waals surface area contributed by atoms with E-state index in [0.29, 0.717) is 0 Å². The predicted octanol–water partition coefficient (Wildman–Crippen LogP) is 3.24. The van der Waals surface area contributed by atoms with Crippen LogP contribution in [-0.4, -0.2) is 15.0 Å². The normalized spacial score (nSPS) is 10.4. The summed E-state index contributed by atoms with van der Waals surface area (Å²) < 4.78 is 1.05. The van der Waals surface area contributed by atoms with E-state index in [1.807, 2.05) is 6.92 Å². The first-order valence-electron chi connectivity index (χ1n) is 4.74. The molecule has 0 aliphatic heterocycles. The number of nitrogens with zero attached hydrogens (tertiary/aromatic N) is 3. The maximum atomic E-state index is 4.47. The molecule has 0 saturated heterocycles. The van der Waals surface area contributed by atoms with Crippen LogP contribution in [0.4, 0.5) is 0 Å². The van der Waals surface area contributed by atoms with Crippen molar-refractivity contribution in [2.75, 3.05) is 0 Å². The Labute approximate surface area is 112 Å². The van der Waals surface area contributed by atoms with Crippen molar-refractivity contribution in [3.05, 3.63) is 39.5 Å². The Balaban J connectivity index is 2.30. The van der Waals surface area contributed by atoms with E-state index in [9.17, 15) is 0 Å². The molecule has 3 nitrogen and oxygen atoms in total. The molecule has 0 amide bonds. The summed E-state index contributed by atoms with van der Waals surface area (Å²) in [5.74, 6) is 0. The summed E-state index contributed by atoms with van der Waals surface area (Å²) in [6.07, 6.45) is 3.37. The fourth-order valence-corrected chi connectivity index (χ4v) is 2.85. The fourth-order valence-electron chi connectivity index (χ4n) is 1.33. The molecule has 0 N–H and O–H groups in total. The van der Waals surface area contributed by atoms with Crippen molar-refractivity contribution < 1.29 is 0 Å². The second-order valence-electron chi connectivity index (χ2n) is 3.40. The Morgan fingerprint density at radius 3 is 2.75 bits per heavy atom. The van der Waals surface area contributed by atoms with Crippen molar-refractivity contribution >= 4 is 34.4 Å². The van der Waals surface area contributed by atoms with E-state index >= 15 is 0 Å². The van der Waals surface area contributed by atoms with Gasteiger partial charge in [0, 0.05) is 11.9 Å². The molecule has 82 valence electrons. The lowest BCUT2D eigenvalue weighted by Gasteiger charge is -2.04. The van der Waals surface area contributed by atoms with Gasteiger partial charge in [-0.2, -0.15) is 0 Å². The van der Waals surface area contributed by atoms with Gasteiger partial charge in [-0.05, 0) is 65.9 Å². The van der Waals surface area contributed by atoms with E-state index in [4.69, 9.17) is 0 Å². The first-order chi connectivity index (χ1) is 7.65. The van der Waals surface area contributed by atoms with Gasteiger partial charge in [0.05, 0.1) is 3.57 Å². The number of hydrogen-bond acceptors (Lipinski definition) is 4. The van der Waals surface area contributed by atoms with Gasteiger partial charge in [-0.25, -0.2) is 15.0 Å². The zero-order valence-corrected chi connectivity index (χ0v) is 11.9. The summed E-state index contributed by atoms with van der Waals surface area (Å²) in [5.41, 5.74) is 2.26. The largest absolute Gasteiger partial charge is 0.246 e. The minimum absolute atomic E-state index is 0.952. The van der Waals surface area contributed by atoms with Crippen LogP contribution in [-0.2, 0) is 0 Å². The third-order valence-electron chi connectivity index (χ3n) is 1.91. The average Bonchev–Trinajstić information content (AvgIpc) is 2.20. The molecule has 5 heteroatoms. The number of aromatic nitrogens is 3. The van der Waals surface area contributed by atoms with Crippen molar-refractivity contribution in [1.29, 1.82) is 0 Å². The fraction of sp³-hybridized carbons (Fsp3) is 0.182. The van der Waals surface area contributed by atoms with Gasteiger partial charge in [-0.15, -0.1) is 0 Å². The summed E-state index contributed by atoms with van der Waals surface area (Å²) in [4.78, 5) is 12.7. The van der Waals surface area contributed by atoms with Gasteiger partial charge in [0.15, 0.2) is 0 Å². The van der Waals surface area contributed by atoms with Crippen molar-refractivity contribution in [3.8, 4) is 0 Å². The van der Waals surface area contributed by atoms with Crippen LogP contribution in [0.25, 0.3) is 0 Å². The van der Waals surface area contributed by atoms with Crippen LogP contribution < -0.4 is 0 Å². The van der Waals surface area contributed by atoms with Crippen molar-refractivity contribution in [2.45, 2.75) is 23.9 Å². The summed E-state index contributed by atoms with van der Waals surface area (Å²) in [5, 5.41) is 1.93. The lowest BCUT2D eigenvalue weighted by molar-refractivity contribution is 1.00. The second-order valence-corrected chi connectivity index (χ2v) is 5.57. The number of halogens is 1. The number of aryl methyl sites for hydroxylation is 2. The summed E-state index contributed by atoms with van der Waals surface area (Å²) >= 11 is 3.80. The highest BCUT2D eigenvalue weighted by atomic mass is 127. The second kappa shape index (κ2) is 5.09. The van der Waals surface area contributed by atoms with Crippen LogP contribution in [0, 0.1) is 17.4 Å². The van der Waals surface area contributed by atoms with Crippen LogP contribution in [0.3, 0.4) is 0 Å². The minimum Gasteiger partial charge on any atom is -0.246 e. The number of rotatable bonds is 2. The van der Waals surface area contributed by atoms with E-state index in [1.165, 1.54) is 5.56 Å². The standard InChI is InChI=1S/C11H10IN3S/c1-7-3-8(2)15-10(4-7)16-11-9(12)5-13-6-14-11/h3-6H,1-2H3. The molecule has 0 unspecified atom stereocenters. The van der Waals surface area contributed by atoms with Gasteiger partial charge in [-0.3, -0.25) is 0 Å². The zero-order chi connectivity index (χ0) is 11.5. The Kier molecular flexibility index (Phi) is 3.75. The molecule has 0 spiro atoms. The molecule has 2 aromatic rings. The lowest BCUT2D eigenvalue weighted by atomic mass is 10.3. The maximum absolute atomic E-state index is 4.47. The van der Waals surface area contributed by atoms with Gasteiger partial charge in [0.1, 0.15) is 16.4 Å². The van der Waals surface area contributed by atoms with Gasteiger partial charge in [0.2, 0.25) is 0 Å². The molecule has 2 aromatic heterocycles. The van der Waals surface area contributed by atoms with Crippen LogP contribution >= 0.6 is 34.4 Å². The first-order valence-corrected chi connectivity index (χ1v) is 6.63. The highest BCUT2D eigenvalue weighted by Crippen LogP contribution is 2.28. The highest BCUT2D eigenvalue weighted by Gasteiger charge is 2.05. The van der Waals surface area contributed by atoms with Crippen LogP contribution in [0.1, 0.15) is 11.3 Å². The van der Waals surface area contributed by atoms with Crippen LogP contribution in [0.5, 0.6) is 0 Å². The van der Waals surface area contributed by atoms with E-state index in [-0.39, 0.29) is 0 Å². The third-order valence-corrected chi connectivity index (χ3v) is 4.00. The summed E-state index contributed by atoms with van der Waals surface area (Å²) in [6, 6.07) is 4.13. The molecule has 0 aliphatic carbocycles. The van der Waals surface area contributed by atoms with E-state index in [1.54, 1.807) is 24.3 Å². The molecule has 0 atom stereocenters. The van der Waals surface area contributed by atoms with Crippen molar-refractivity contribution in [1.82, 2.24) is 15.0 Å².